The van der Waals surface area contributed by atoms with Crippen molar-refractivity contribution in [1.29, 1.82) is 0 Å². The summed E-state index contributed by atoms with van der Waals surface area (Å²) in [5.74, 6) is 0.906. The van der Waals surface area contributed by atoms with Crippen molar-refractivity contribution in [2.24, 2.45) is 5.73 Å². The van der Waals surface area contributed by atoms with Crippen LogP contribution in [0.25, 0.3) is 0 Å². The summed E-state index contributed by atoms with van der Waals surface area (Å²) in [6, 6.07) is 4.92. The first kappa shape index (κ1) is 9.03. The van der Waals surface area contributed by atoms with Gasteiger partial charge in [0, 0.05) is 10.9 Å². The highest BCUT2D eigenvalue weighted by atomic mass is 32.2. The van der Waals surface area contributed by atoms with Gasteiger partial charge in [-0.15, -0.1) is 11.8 Å². The molecule has 1 nitrogen and oxygen atoms in total. The van der Waals surface area contributed by atoms with Gasteiger partial charge in [0.05, 0.1) is 0 Å². The molecule has 70 valence electrons. The van der Waals surface area contributed by atoms with Gasteiger partial charge < -0.3 is 5.73 Å². The van der Waals surface area contributed by atoms with E-state index in [2.05, 4.69) is 0 Å². The minimum atomic E-state index is -0.184. The molecule has 0 amide bonds. The molecule has 2 N–H and O–H groups in total. The van der Waals surface area contributed by atoms with E-state index in [0.29, 0.717) is 0 Å². The topological polar surface area (TPSA) is 26.0 Å². The van der Waals surface area contributed by atoms with Crippen molar-refractivity contribution < 1.29 is 4.39 Å². The van der Waals surface area contributed by atoms with Crippen molar-refractivity contribution in [1.82, 2.24) is 0 Å². The zero-order valence-electron chi connectivity index (χ0n) is 7.29. The molecule has 1 aliphatic rings. The summed E-state index contributed by atoms with van der Waals surface area (Å²) in [5.41, 5.74) is 6.91. The minimum absolute atomic E-state index is 0.0145. The molecule has 3 heteroatoms. The van der Waals surface area contributed by atoms with Crippen LogP contribution < -0.4 is 5.73 Å². The van der Waals surface area contributed by atoms with Crippen LogP contribution in [0.15, 0.2) is 23.1 Å². The lowest BCUT2D eigenvalue weighted by atomic mass is 10.0. The van der Waals surface area contributed by atoms with E-state index in [1.807, 2.05) is 6.07 Å². The van der Waals surface area contributed by atoms with E-state index in [1.165, 1.54) is 6.07 Å². The lowest BCUT2D eigenvalue weighted by molar-refractivity contribution is 0.603. The normalized spacial score (nSPS) is 22.2. The molecule has 13 heavy (non-hydrogen) atoms. The van der Waals surface area contributed by atoms with Crippen LogP contribution in [0.2, 0.25) is 0 Å². The molecule has 2 rings (SSSR count). The molecule has 0 radical (unpaired) electrons. The Morgan fingerprint density at radius 3 is 3.15 bits per heavy atom. The second kappa shape index (κ2) is 3.68. The van der Waals surface area contributed by atoms with Gasteiger partial charge in [-0.25, -0.2) is 4.39 Å². The van der Waals surface area contributed by atoms with Gasteiger partial charge in [0.15, 0.2) is 0 Å². The Kier molecular flexibility index (Phi) is 2.56. The van der Waals surface area contributed by atoms with Gasteiger partial charge in [-0.1, -0.05) is 0 Å². The smallest absolute Gasteiger partial charge is 0.123 e. The third-order valence-corrected chi connectivity index (χ3v) is 3.46. The van der Waals surface area contributed by atoms with E-state index in [4.69, 9.17) is 5.73 Å². The average Bonchev–Trinajstić information content (AvgIpc) is 2.29. The number of halogens is 1. The van der Waals surface area contributed by atoms with E-state index < -0.39 is 0 Å². The molecule has 1 aromatic rings. The summed E-state index contributed by atoms with van der Waals surface area (Å²) in [4.78, 5) is 1.14. The fraction of sp³-hybridized carbons (Fsp3) is 0.400. The molecule has 0 aliphatic carbocycles. The average molecular weight is 197 g/mol. The third-order valence-electron chi connectivity index (χ3n) is 2.29. The van der Waals surface area contributed by atoms with Gasteiger partial charge >= 0.3 is 0 Å². The van der Waals surface area contributed by atoms with Crippen molar-refractivity contribution in [2.75, 3.05) is 5.75 Å². The van der Waals surface area contributed by atoms with Gasteiger partial charge in [-0.05, 0) is 42.4 Å². The van der Waals surface area contributed by atoms with Crippen LogP contribution in [0, 0.1) is 5.82 Å². The van der Waals surface area contributed by atoms with E-state index >= 15 is 0 Å². The zero-order chi connectivity index (χ0) is 9.26. The van der Waals surface area contributed by atoms with Crippen molar-refractivity contribution in [3.63, 3.8) is 0 Å². The van der Waals surface area contributed by atoms with Crippen molar-refractivity contribution in [2.45, 2.75) is 23.8 Å². The van der Waals surface area contributed by atoms with Crippen LogP contribution in [0.3, 0.4) is 0 Å². The maximum atomic E-state index is 12.9. The summed E-state index contributed by atoms with van der Waals surface area (Å²) in [6.07, 6.45) is 2.07. The molecule has 1 aliphatic heterocycles. The quantitative estimate of drug-likeness (QED) is 0.692. The Hall–Kier alpha value is -0.540. The fourth-order valence-electron chi connectivity index (χ4n) is 1.58. The SMILES string of the molecule is NC1CCCSc2ccc(F)cc21. The molecule has 0 saturated heterocycles. The third kappa shape index (κ3) is 1.86. The standard InChI is InChI=1S/C10H12FNS/c11-7-3-4-10-8(6-7)9(12)2-1-5-13-10/h3-4,6,9H,1-2,5,12H2. The Bertz CT molecular complexity index is 314. The second-order valence-electron chi connectivity index (χ2n) is 3.28. The molecule has 0 aromatic heterocycles. The van der Waals surface area contributed by atoms with Gasteiger partial charge in [0.25, 0.3) is 0 Å². The van der Waals surface area contributed by atoms with Gasteiger partial charge in [0.2, 0.25) is 0 Å². The molecule has 1 heterocycles. The number of nitrogens with two attached hydrogens (primary N) is 1. The number of thioether (sulfide) groups is 1. The Balaban J connectivity index is 2.43. The number of benzene rings is 1. The lowest BCUT2D eigenvalue weighted by Gasteiger charge is -2.11. The minimum Gasteiger partial charge on any atom is -0.324 e. The lowest BCUT2D eigenvalue weighted by Crippen LogP contribution is -2.10. The molecule has 1 unspecified atom stereocenters. The van der Waals surface area contributed by atoms with Crippen LogP contribution in [0.4, 0.5) is 4.39 Å². The summed E-state index contributed by atoms with van der Waals surface area (Å²) in [5, 5.41) is 0. The number of rotatable bonds is 0. The predicted molar refractivity (Wildman–Crippen MR) is 53.3 cm³/mol. The van der Waals surface area contributed by atoms with Gasteiger partial charge in [-0.3, -0.25) is 0 Å². The zero-order valence-corrected chi connectivity index (χ0v) is 8.11. The highest BCUT2D eigenvalue weighted by Crippen LogP contribution is 2.33. The summed E-state index contributed by atoms with van der Waals surface area (Å²) in [6.45, 7) is 0. The monoisotopic (exact) mass is 197 g/mol. The van der Waals surface area contributed by atoms with Crippen molar-refractivity contribution in [3.8, 4) is 0 Å². The largest absolute Gasteiger partial charge is 0.324 e. The molecule has 0 fully saturated rings. The van der Waals surface area contributed by atoms with Crippen LogP contribution in [-0.2, 0) is 0 Å². The fourth-order valence-corrected chi connectivity index (χ4v) is 2.65. The first-order valence-corrected chi connectivity index (χ1v) is 5.44. The van der Waals surface area contributed by atoms with E-state index in [0.717, 1.165) is 29.1 Å². The molecule has 0 spiro atoms. The first-order valence-electron chi connectivity index (χ1n) is 4.45. The highest BCUT2D eigenvalue weighted by molar-refractivity contribution is 7.99. The van der Waals surface area contributed by atoms with E-state index in [9.17, 15) is 4.39 Å². The van der Waals surface area contributed by atoms with Crippen molar-refractivity contribution in [3.05, 3.63) is 29.6 Å². The number of hydrogen-bond acceptors (Lipinski definition) is 2. The Labute approximate surface area is 81.5 Å². The second-order valence-corrected chi connectivity index (χ2v) is 4.42. The summed E-state index contributed by atoms with van der Waals surface area (Å²) >= 11 is 1.78. The molecular formula is C10H12FNS. The van der Waals surface area contributed by atoms with Crippen LogP contribution in [0.5, 0.6) is 0 Å². The molecule has 1 atom stereocenters. The predicted octanol–water partition coefficient (Wildman–Crippen LogP) is 2.71. The first-order chi connectivity index (χ1) is 6.27. The maximum Gasteiger partial charge on any atom is 0.123 e. The Morgan fingerprint density at radius 1 is 1.46 bits per heavy atom. The van der Waals surface area contributed by atoms with Gasteiger partial charge in [-0.2, -0.15) is 0 Å². The van der Waals surface area contributed by atoms with E-state index in [-0.39, 0.29) is 11.9 Å². The van der Waals surface area contributed by atoms with Crippen LogP contribution in [0.1, 0.15) is 24.4 Å². The molecule has 0 saturated carbocycles. The summed E-state index contributed by atoms with van der Waals surface area (Å²) < 4.78 is 12.9. The van der Waals surface area contributed by atoms with Crippen LogP contribution in [-0.4, -0.2) is 5.75 Å². The van der Waals surface area contributed by atoms with Crippen LogP contribution >= 0.6 is 11.8 Å². The molecule has 0 bridgehead atoms. The van der Waals surface area contributed by atoms with Gasteiger partial charge in [0.1, 0.15) is 5.82 Å². The van der Waals surface area contributed by atoms with Crippen molar-refractivity contribution >= 4 is 11.8 Å². The number of hydrogen-bond donors (Lipinski definition) is 1. The Morgan fingerprint density at radius 2 is 2.31 bits per heavy atom. The number of fused-ring (bicyclic) bond motifs is 1. The molecular weight excluding hydrogens is 185 g/mol. The maximum absolute atomic E-state index is 12.9. The summed E-state index contributed by atoms with van der Waals surface area (Å²) in [7, 11) is 0. The molecule has 1 aromatic carbocycles. The highest BCUT2D eigenvalue weighted by Gasteiger charge is 2.15. The van der Waals surface area contributed by atoms with E-state index in [1.54, 1.807) is 17.8 Å².